The Morgan fingerprint density at radius 3 is 2.40 bits per heavy atom. The molecule has 0 spiro atoms. The van der Waals surface area contributed by atoms with Crippen molar-refractivity contribution in [3.05, 3.63) is 29.8 Å². The SMILES string of the molecule is CC1CN(S(=O)(=O)CCNS(=O)(=O)c2ccc(C(C)C)cc2)CCO1. The zero-order chi connectivity index (χ0) is 18.7. The summed E-state index contributed by atoms with van der Waals surface area (Å²) < 4.78 is 58.2. The number of benzene rings is 1. The topological polar surface area (TPSA) is 92.8 Å². The van der Waals surface area contributed by atoms with Crippen molar-refractivity contribution in [3.8, 4) is 0 Å². The lowest BCUT2D eigenvalue weighted by atomic mass is 10.0. The van der Waals surface area contributed by atoms with Crippen molar-refractivity contribution < 1.29 is 21.6 Å². The van der Waals surface area contributed by atoms with Crippen LogP contribution in [0.15, 0.2) is 29.2 Å². The minimum atomic E-state index is -3.72. The van der Waals surface area contributed by atoms with E-state index in [-0.39, 0.29) is 23.3 Å². The number of morpholine rings is 1. The van der Waals surface area contributed by atoms with Crippen LogP contribution in [0, 0.1) is 0 Å². The molecule has 1 unspecified atom stereocenters. The Hall–Kier alpha value is -1.00. The van der Waals surface area contributed by atoms with E-state index in [1.807, 2.05) is 20.8 Å². The van der Waals surface area contributed by atoms with Gasteiger partial charge in [-0.05, 0) is 30.5 Å². The minimum Gasteiger partial charge on any atom is -0.376 e. The quantitative estimate of drug-likeness (QED) is 0.754. The second-order valence-corrected chi connectivity index (χ2v) is 10.3. The summed E-state index contributed by atoms with van der Waals surface area (Å²) in [7, 11) is -7.24. The van der Waals surface area contributed by atoms with Crippen molar-refractivity contribution in [2.45, 2.75) is 37.7 Å². The number of rotatable bonds is 7. The van der Waals surface area contributed by atoms with Crippen LogP contribution in [0.1, 0.15) is 32.3 Å². The van der Waals surface area contributed by atoms with Crippen molar-refractivity contribution in [1.29, 1.82) is 0 Å². The zero-order valence-electron chi connectivity index (χ0n) is 14.8. The fourth-order valence-corrected chi connectivity index (χ4v) is 5.16. The van der Waals surface area contributed by atoms with Gasteiger partial charge >= 0.3 is 0 Å². The number of hydrogen-bond acceptors (Lipinski definition) is 5. The highest BCUT2D eigenvalue weighted by atomic mass is 32.2. The first kappa shape index (κ1) is 20.3. The van der Waals surface area contributed by atoms with Gasteiger partial charge in [0.2, 0.25) is 20.0 Å². The third-order valence-electron chi connectivity index (χ3n) is 4.11. The molecule has 7 nitrogen and oxygen atoms in total. The summed E-state index contributed by atoms with van der Waals surface area (Å²) in [6.07, 6.45) is -0.153. The van der Waals surface area contributed by atoms with Crippen LogP contribution in [0.25, 0.3) is 0 Å². The van der Waals surface area contributed by atoms with Crippen LogP contribution < -0.4 is 4.72 Å². The molecule has 0 aliphatic carbocycles. The lowest BCUT2D eigenvalue weighted by Crippen LogP contribution is -2.46. The predicted molar refractivity (Wildman–Crippen MR) is 96.5 cm³/mol. The van der Waals surface area contributed by atoms with Gasteiger partial charge in [0.25, 0.3) is 0 Å². The van der Waals surface area contributed by atoms with Crippen molar-refractivity contribution >= 4 is 20.0 Å². The Balaban J connectivity index is 1.95. The second-order valence-electron chi connectivity index (χ2n) is 6.48. The van der Waals surface area contributed by atoms with E-state index in [9.17, 15) is 16.8 Å². The standard InChI is InChI=1S/C16H26N2O5S2/c1-13(2)15-4-6-16(7-5-15)25(21,22)17-8-11-24(19,20)18-9-10-23-14(3)12-18/h4-7,13-14,17H,8-12H2,1-3H3. The zero-order valence-corrected chi connectivity index (χ0v) is 16.4. The first-order chi connectivity index (χ1) is 11.6. The summed E-state index contributed by atoms with van der Waals surface area (Å²) in [5.41, 5.74) is 1.04. The van der Waals surface area contributed by atoms with E-state index in [0.717, 1.165) is 5.56 Å². The first-order valence-electron chi connectivity index (χ1n) is 8.31. The van der Waals surface area contributed by atoms with Crippen molar-refractivity contribution in [3.63, 3.8) is 0 Å². The maximum atomic E-state index is 12.3. The van der Waals surface area contributed by atoms with Crippen LogP contribution in [-0.4, -0.2) is 59.2 Å². The Kier molecular flexibility index (Phi) is 6.61. The molecule has 1 aliphatic heterocycles. The maximum absolute atomic E-state index is 12.3. The Morgan fingerprint density at radius 1 is 1.20 bits per heavy atom. The van der Waals surface area contributed by atoms with Gasteiger partial charge < -0.3 is 4.74 Å². The highest BCUT2D eigenvalue weighted by Gasteiger charge is 2.27. The fraction of sp³-hybridized carbons (Fsp3) is 0.625. The van der Waals surface area contributed by atoms with Crippen LogP contribution in [0.5, 0.6) is 0 Å². The van der Waals surface area contributed by atoms with Gasteiger partial charge in [-0.1, -0.05) is 26.0 Å². The first-order valence-corrected chi connectivity index (χ1v) is 11.4. The molecule has 0 amide bonds. The Morgan fingerprint density at radius 2 is 1.84 bits per heavy atom. The van der Waals surface area contributed by atoms with Gasteiger partial charge in [-0.3, -0.25) is 0 Å². The lowest BCUT2D eigenvalue weighted by Gasteiger charge is -2.30. The van der Waals surface area contributed by atoms with E-state index >= 15 is 0 Å². The molecule has 0 aromatic heterocycles. The fourth-order valence-electron chi connectivity index (χ4n) is 2.59. The monoisotopic (exact) mass is 390 g/mol. The summed E-state index contributed by atoms with van der Waals surface area (Å²) in [4.78, 5) is 0.134. The minimum absolute atomic E-state index is 0.134. The van der Waals surface area contributed by atoms with Gasteiger partial charge in [0.15, 0.2) is 0 Å². The molecule has 1 heterocycles. The number of nitrogens with zero attached hydrogens (tertiary/aromatic N) is 1. The van der Waals surface area contributed by atoms with E-state index in [1.54, 1.807) is 12.1 Å². The van der Waals surface area contributed by atoms with Crippen LogP contribution in [0.2, 0.25) is 0 Å². The largest absolute Gasteiger partial charge is 0.376 e. The molecule has 0 radical (unpaired) electrons. The molecule has 1 N–H and O–H groups in total. The molecule has 1 aliphatic rings. The number of nitrogens with one attached hydrogen (secondary N) is 1. The summed E-state index contributed by atoms with van der Waals surface area (Å²) >= 11 is 0. The van der Waals surface area contributed by atoms with Crippen molar-refractivity contribution in [2.24, 2.45) is 0 Å². The summed E-state index contributed by atoms with van der Waals surface area (Å²) in [6.45, 7) is 6.65. The van der Waals surface area contributed by atoms with E-state index in [2.05, 4.69) is 4.72 Å². The molecule has 2 rings (SSSR count). The average molecular weight is 391 g/mol. The molecule has 0 bridgehead atoms. The number of ether oxygens (including phenoxy) is 1. The van der Waals surface area contributed by atoms with Crippen LogP contribution in [0.3, 0.4) is 0 Å². The summed E-state index contributed by atoms with van der Waals surface area (Å²) in [6, 6.07) is 6.61. The smallest absolute Gasteiger partial charge is 0.240 e. The molecule has 1 aromatic rings. The summed E-state index contributed by atoms with van der Waals surface area (Å²) in [5, 5.41) is 0. The number of sulfonamides is 2. The Labute approximate surface area is 150 Å². The highest BCUT2D eigenvalue weighted by molar-refractivity contribution is 7.90. The predicted octanol–water partition coefficient (Wildman–Crippen LogP) is 1.14. The van der Waals surface area contributed by atoms with Crippen LogP contribution >= 0.6 is 0 Å². The molecule has 1 saturated heterocycles. The van der Waals surface area contributed by atoms with Gasteiger partial charge in [-0.25, -0.2) is 21.6 Å². The van der Waals surface area contributed by atoms with Gasteiger partial charge in [0.05, 0.1) is 23.4 Å². The molecule has 25 heavy (non-hydrogen) atoms. The normalized spacial score (nSPS) is 20.1. The highest BCUT2D eigenvalue weighted by Crippen LogP contribution is 2.17. The van der Waals surface area contributed by atoms with Gasteiger partial charge in [0.1, 0.15) is 0 Å². The van der Waals surface area contributed by atoms with Gasteiger partial charge in [0, 0.05) is 19.6 Å². The molecule has 9 heteroatoms. The molecular weight excluding hydrogens is 364 g/mol. The molecule has 142 valence electrons. The lowest BCUT2D eigenvalue weighted by molar-refractivity contribution is 0.0102. The van der Waals surface area contributed by atoms with Gasteiger partial charge in [-0.15, -0.1) is 0 Å². The maximum Gasteiger partial charge on any atom is 0.240 e. The van der Waals surface area contributed by atoms with E-state index in [1.165, 1.54) is 16.4 Å². The van der Waals surface area contributed by atoms with Crippen molar-refractivity contribution in [2.75, 3.05) is 32.0 Å². The van der Waals surface area contributed by atoms with Crippen molar-refractivity contribution in [1.82, 2.24) is 9.03 Å². The Bertz CT molecular complexity index is 773. The molecule has 1 atom stereocenters. The van der Waals surface area contributed by atoms with Gasteiger partial charge in [-0.2, -0.15) is 4.31 Å². The van der Waals surface area contributed by atoms with E-state index in [4.69, 9.17) is 4.74 Å². The average Bonchev–Trinajstić information content (AvgIpc) is 2.54. The molecular formula is C16H26N2O5S2. The third kappa shape index (κ3) is 5.49. The molecule has 1 aromatic carbocycles. The van der Waals surface area contributed by atoms with E-state index in [0.29, 0.717) is 25.6 Å². The molecule has 1 fully saturated rings. The number of hydrogen-bond donors (Lipinski definition) is 1. The van der Waals surface area contributed by atoms with Crippen LogP contribution in [0.4, 0.5) is 0 Å². The second kappa shape index (κ2) is 8.13. The third-order valence-corrected chi connectivity index (χ3v) is 7.42. The van der Waals surface area contributed by atoms with E-state index < -0.39 is 20.0 Å². The molecule has 0 saturated carbocycles. The summed E-state index contributed by atoms with van der Waals surface area (Å²) in [5.74, 6) is 0.0361. The van der Waals surface area contributed by atoms with Crippen LogP contribution in [-0.2, 0) is 24.8 Å².